The maximum Gasteiger partial charge on any atom is 0.252 e. The van der Waals surface area contributed by atoms with Crippen LogP contribution in [0.5, 0.6) is 0 Å². The summed E-state index contributed by atoms with van der Waals surface area (Å²) in [5.41, 5.74) is 0.325. The lowest BCUT2D eigenvalue weighted by Gasteiger charge is -2.33. The topological polar surface area (TPSA) is 87.5 Å². The van der Waals surface area contributed by atoms with Crippen LogP contribution in [0, 0.1) is 5.82 Å². The molecule has 1 aromatic carbocycles. The molecule has 0 unspecified atom stereocenters. The zero-order valence-corrected chi connectivity index (χ0v) is 19.3. The fourth-order valence-electron chi connectivity index (χ4n) is 3.41. The Morgan fingerprint density at radius 3 is 2.62 bits per heavy atom. The van der Waals surface area contributed by atoms with Gasteiger partial charge in [0.2, 0.25) is 5.91 Å². The van der Waals surface area contributed by atoms with Gasteiger partial charge in [-0.2, -0.15) is 9.40 Å². The largest absolute Gasteiger partial charge is 0.308 e. The van der Waals surface area contributed by atoms with Gasteiger partial charge in [-0.25, -0.2) is 12.8 Å². The van der Waals surface area contributed by atoms with Crippen molar-refractivity contribution in [2.45, 2.75) is 10.8 Å². The Morgan fingerprint density at radius 2 is 1.94 bits per heavy atom. The van der Waals surface area contributed by atoms with E-state index in [1.807, 2.05) is 4.90 Å². The maximum atomic E-state index is 14.0. The number of aromatic nitrogens is 2. The van der Waals surface area contributed by atoms with E-state index in [9.17, 15) is 17.6 Å². The maximum absolute atomic E-state index is 14.0. The second kappa shape index (κ2) is 9.67. The molecule has 170 valence electrons. The Hall–Kier alpha value is -2.31. The first-order chi connectivity index (χ1) is 15.3. The predicted molar refractivity (Wildman–Crippen MR) is 121 cm³/mol. The van der Waals surface area contributed by atoms with E-state index >= 15 is 0 Å². The van der Waals surface area contributed by atoms with Crippen LogP contribution in [0.2, 0.25) is 5.02 Å². The number of anilines is 1. The molecule has 0 radical (unpaired) electrons. The minimum absolute atomic E-state index is 0.124. The molecule has 0 spiro atoms. The Bertz CT molecular complexity index is 1170. The molecule has 1 aliphatic heterocycles. The number of rotatable bonds is 7. The molecule has 1 aliphatic rings. The van der Waals surface area contributed by atoms with E-state index in [1.165, 1.54) is 32.5 Å². The lowest BCUT2D eigenvalue weighted by molar-refractivity contribution is -0.117. The van der Waals surface area contributed by atoms with Crippen molar-refractivity contribution in [3.05, 3.63) is 64.4 Å². The predicted octanol–water partition coefficient (Wildman–Crippen LogP) is 2.73. The molecular weight excluding hydrogens is 477 g/mol. The van der Waals surface area contributed by atoms with Gasteiger partial charge < -0.3 is 5.32 Å². The van der Waals surface area contributed by atoms with Crippen molar-refractivity contribution in [3.63, 3.8) is 0 Å². The molecule has 12 heteroatoms. The van der Waals surface area contributed by atoms with Gasteiger partial charge in [-0.05, 0) is 23.6 Å². The fraction of sp³-hybridized carbons (Fsp3) is 0.300. The molecule has 3 heterocycles. The average molecular weight is 498 g/mol. The number of thiophene rings is 1. The highest BCUT2D eigenvalue weighted by molar-refractivity contribution is 7.91. The quantitative estimate of drug-likeness (QED) is 0.542. The lowest BCUT2D eigenvalue weighted by Crippen LogP contribution is -2.50. The number of hydrogen-bond donors (Lipinski definition) is 1. The lowest BCUT2D eigenvalue weighted by atomic mass is 10.2. The van der Waals surface area contributed by atoms with E-state index in [-0.39, 0.29) is 19.0 Å². The molecule has 3 aromatic rings. The van der Waals surface area contributed by atoms with Crippen LogP contribution in [0.4, 0.5) is 10.2 Å². The van der Waals surface area contributed by atoms with Crippen LogP contribution in [-0.2, 0) is 21.4 Å². The normalized spacial score (nSPS) is 15.7. The third-order valence-electron chi connectivity index (χ3n) is 5.08. The second-order valence-corrected chi connectivity index (χ2v) is 10.8. The molecule has 0 atom stereocenters. The highest BCUT2D eigenvalue weighted by Crippen LogP contribution is 2.22. The molecule has 4 rings (SSSR count). The minimum atomic E-state index is -3.47. The standard InChI is InChI=1S/C20H21ClFN5O3S2/c21-16-3-1-4-17(22)15(16)13-26-7-6-18(24-26)23-19(28)14-25-8-10-27(11-9-25)32(29,30)20-5-2-12-31-20/h1-7,12H,8-11,13-14H2,(H,23,24,28). The number of halogens is 2. The number of benzene rings is 1. The van der Waals surface area contributed by atoms with Crippen molar-refractivity contribution in [2.24, 2.45) is 0 Å². The molecule has 0 aliphatic carbocycles. The van der Waals surface area contributed by atoms with Gasteiger partial charge in [0, 0.05) is 49.0 Å². The van der Waals surface area contributed by atoms with Crippen molar-refractivity contribution in [3.8, 4) is 0 Å². The monoisotopic (exact) mass is 497 g/mol. The second-order valence-electron chi connectivity index (χ2n) is 7.26. The summed E-state index contributed by atoms with van der Waals surface area (Å²) >= 11 is 7.25. The van der Waals surface area contributed by atoms with Gasteiger partial charge in [-0.3, -0.25) is 14.4 Å². The molecule has 1 amide bonds. The zero-order chi connectivity index (χ0) is 22.7. The molecule has 1 fully saturated rings. The van der Waals surface area contributed by atoms with E-state index in [0.717, 1.165) is 0 Å². The van der Waals surface area contributed by atoms with Gasteiger partial charge in [-0.15, -0.1) is 11.3 Å². The SMILES string of the molecule is O=C(CN1CCN(S(=O)(=O)c2cccs2)CC1)Nc1ccn(Cc2c(F)cccc2Cl)n1. The van der Waals surface area contributed by atoms with Crippen LogP contribution >= 0.6 is 22.9 Å². The molecular formula is C20H21ClFN5O3S2. The van der Waals surface area contributed by atoms with E-state index < -0.39 is 15.8 Å². The van der Waals surface area contributed by atoms with E-state index in [0.29, 0.717) is 46.8 Å². The van der Waals surface area contributed by atoms with Gasteiger partial charge in [0.15, 0.2) is 5.82 Å². The molecule has 0 bridgehead atoms. The summed E-state index contributed by atoms with van der Waals surface area (Å²) in [5, 5.41) is 9.01. The molecule has 1 N–H and O–H groups in total. The summed E-state index contributed by atoms with van der Waals surface area (Å²) in [4.78, 5) is 14.3. The first kappa shape index (κ1) is 22.9. The number of nitrogens with one attached hydrogen (secondary N) is 1. The third kappa shape index (κ3) is 5.18. The van der Waals surface area contributed by atoms with Crippen LogP contribution in [0.3, 0.4) is 0 Å². The van der Waals surface area contributed by atoms with Gasteiger partial charge in [0.25, 0.3) is 10.0 Å². The van der Waals surface area contributed by atoms with E-state index in [4.69, 9.17) is 11.6 Å². The summed E-state index contributed by atoms with van der Waals surface area (Å²) in [6.45, 7) is 1.83. The van der Waals surface area contributed by atoms with Gasteiger partial charge in [-0.1, -0.05) is 23.7 Å². The van der Waals surface area contributed by atoms with Crippen LogP contribution in [-0.4, -0.2) is 66.0 Å². The summed E-state index contributed by atoms with van der Waals surface area (Å²) < 4.78 is 42.4. The molecule has 1 saturated heterocycles. The van der Waals surface area contributed by atoms with Crippen molar-refractivity contribution in [1.29, 1.82) is 0 Å². The Kier molecular flexibility index (Phi) is 6.91. The summed E-state index contributed by atoms with van der Waals surface area (Å²) in [6, 6.07) is 9.41. The van der Waals surface area contributed by atoms with E-state index in [2.05, 4.69) is 10.4 Å². The van der Waals surface area contributed by atoms with Crippen LogP contribution < -0.4 is 5.32 Å². The number of carbonyl (C=O) groups excluding carboxylic acids is 1. The summed E-state index contributed by atoms with van der Waals surface area (Å²) in [5.74, 6) is -0.325. The van der Waals surface area contributed by atoms with Gasteiger partial charge in [0.1, 0.15) is 10.0 Å². The molecule has 0 saturated carbocycles. The van der Waals surface area contributed by atoms with Crippen molar-refractivity contribution >= 4 is 44.7 Å². The minimum Gasteiger partial charge on any atom is -0.308 e. The summed E-state index contributed by atoms with van der Waals surface area (Å²) in [6.07, 6.45) is 1.63. The highest BCUT2D eigenvalue weighted by Gasteiger charge is 2.29. The number of nitrogens with zero attached hydrogens (tertiary/aromatic N) is 4. The first-order valence-corrected chi connectivity index (χ1v) is 12.5. The Labute approximate surface area is 194 Å². The number of amides is 1. The number of piperazine rings is 1. The third-order valence-corrected chi connectivity index (χ3v) is 8.70. The molecule has 32 heavy (non-hydrogen) atoms. The summed E-state index contributed by atoms with van der Waals surface area (Å²) in [7, 11) is -3.47. The van der Waals surface area contributed by atoms with Crippen LogP contribution in [0.25, 0.3) is 0 Å². The van der Waals surface area contributed by atoms with E-state index in [1.54, 1.807) is 35.8 Å². The smallest absolute Gasteiger partial charge is 0.252 e. The Morgan fingerprint density at radius 1 is 1.16 bits per heavy atom. The Balaban J connectivity index is 1.28. The van der Waals surface area contributed by atoms with Gasteiger partial charge >= 0.3 is 0 Å². The molecule has 8 nitrogen and oxygen atoms in total. The zero-order valence-electron chi connectivity index (χ0n) is 16.9. The van der Waals surface area contributed by atoms with Crippen LogP contribution in [0.15, 0.2) is 52.2 Å². The van der Waals surface area contributed by atoms with Crippen molar-refractivity contribution in [2.75, 3.05) is 38.0 Å². The van der Waals surface area contributed by atoms with Crippen molar-refractivity contribution in [1.82, 2.24) is 19.0 Å². The highest BCUT2D eigenvalue weighted by atomic mass is 35.5. The molecule has 2 aromatic heterocycles. The van der Waals surface area contributed by atoms with Gasteiger partial charge in [0.05, 0.1) is 13.1 Å². The number of sulfonamides is 1. The number of carbonyl (C=O) groups is 1. The average Bonchev–Trinajstić information content (AvgIpc) is 3.44. The first-order valence-electron chi connectivity index (χ1n) is 9.85. The van der Waals surface area contributed by atoms with Crippen LogP contribution in [0.1, 0.15) is 5.56 Å². The fourth-order valence-corrected chi connectivity index (χ4v) is 6.20. The van der Waals surface area contributed by atoms with Crippen molar-refractivity contribution < 1.29 is 17.6 Å². The number of hydrogen-bond acceptors (Lipinski definition) is 6.